The van der Waals surface area contributed by atoms with Gasteiger partial charge in [-0.15, -0.1) is 0 Å². The highest BCUT2D eigenvalue weighted by Gasteiger charge is 2.22. The van der Waals surface area contributed by atoms with Gasteiger partial charge < -0.3 is 17.0 Å². The van der Waals surface area contributed by atoms with Crippen molar-refractivity contribution in [2.24, 2.45) is 5.41 Å². The van der Waals surface area contributed by atoms with Crippen LogP contribution in [0.5, 0.6) is 0 Å². The Kier molecular flexibility index (Phi) is 6.29. The SMILES string of the molecule is CCCn1c(SCC(=O)C(C)(C)C)nc2ccccc21.[Cl-]. The molecular formula is C16H22ClN2OS-. The van der Waals surface area contributed by atoms with Gasteiger partial charge in [-0.1, -0.05) is 51.6 Å². The van der Waals surface area contributed by atoms with Gasteiger partial charge in [-0.25, -0.2) is 4.98 Å². The minimum atomic E-state index is -0.283. The van der Waals surface area contributed by atoms with Gasteiger partial charge in [0.25, 0.3) is 0 Å². The summed E-state index contributed by atoms with van der Waals surface area (Å²) in [5, 5.41) is 0.950. The second-order valence-electron chi connectivity index (χ2n) is 6.00. The van der Waals surface area contributed by atoms with Crippen molar-refractivity contribution in [1.29, 1.82) is 0 Å². The summed E-state index contributed by atoms with van der Waals surface area (Å²) in [5.41, 5.74) is 1.88. The van der Waals surface area contributed by atoms with E-state index in [1.165, 1.54) is 0 Å². The third kappa shape index (κ3) is 4.24. The van der Waals surface area contributed by atoms with Crippen molar-refractivity contribution in [3.05, 3.63) is 24.3 Å². The number of benzene rings is 1. The first-order chi connectivity index (χ1) is 9.43. The summed E-state index contributed by atoms with van der Waals surface area (Å²) in [6, 6.07) is 8.15. The Hall–Kier alpha value is -1.00. The highest BCUT2D eigenvalue weighted by molar-refractivity contribution is 7.99. The lowest BCUT2D eigenvalue weighted by Crippen LogP contribution is -3.00. The second-order valence-corrected chi connectivity index (χ2v) is 6.94. The highest BCUT2D eigenvalue weighted by atomic mass is 35.5. The molecule has 1 aromatic heterocycles. The molecule has 0 unspecified atom stereocenters. The van der Waals surface area contributed by atoms with Crippen LogP contribution in [0.3, 0.4) is 0 Å². The molecule has 1 heterocycles. The largest absolute Gasteiger partial charge is 1.00 e. The van der Waals surface area contributed by atoms with Crippen LogP contribution < -0.4 is 12.4 Å². The van der Waals surface area contributed by atoms with Crippen LogP contribution in [0, 0.1) is 5.41 Å². The molecule has 0 N–H and O–H groups in total. The van der Waals surface area contributed by atoms with Gasteiger partial charge in [0.05, 0.1) is 16.8 Å². The van der Waals surface area contributed by atoms with Gasteiger partial charge in [0.1, 0.15) is 5.78 Å². The molecular weight excluding hydrogens is 304 g/mol. The molecule has 0 saturated heterocycles. The lowest BCUT2D eigenvalue weighted by molar-refractivity contribution is -0.123. The summed E-state index contributed by atoms with van der Waals surface area (Å²) < 4.78 is 2.22. The molecule has 0 saturated carbocycles. The summed E-state index contributed by atoms with van der Waals surface area (Å²) in [4.78, 5) is 16.7. The van der Waals surface area contributed by atoms with Crippen molar-refractivity contribution in [1.82, 2.24) is 9.55 Å². The smallest absolute Gasteiger partial charge is 0.169 e. The summed E-state index contributed by atoms with van der Waals surface area (Å²) in [6.45, 7) is 8.98. The van der Waals surface area contributed by atoms with E-state index in [9.17, 15) is 4.79 Å². The van der Waals surface area contributed by atoms with Gasteiger partial charge in [0.15, 0.2) is 5.16 Å². The maximum atomic E-state index is 12.1. The number of Topliss-reactive ketones (excluding diaryl/α,β-unsaturated/α-hetero) is 1. The van der Waals surface area contributed by atoms with E-state index in [0.29, 0.717) is 5.75 Å². The normalized spacial score (nSPS) is 11.4. The Balaban J connectivity index is 0.00000220. The van der Waals surface area contributed by atoms with Gasteiger partial charge in [-0.2, -0.15) is 0 Å². The molecule has 0 aliphatic rings. The Bertz CT molecular complexity index is 616. The minimum absolute atomic E-state index is 0. The first-order valence-electron chi connectivity index (χ1n) is 7.05. The fourth-order valence-corrected chi connectivity index (χ4v) is 3.15. The predicted molar refractivity (Wildman–Crippen MR) is 85.2 cm³/mol. The third-order valence-corrected chi connectivity index (χ3v) is 4.21. The Morgan fingerprint density at radius 2 is 1.95 bits per heavy atom. The number of aromatic nitrogens is 2. The topological polar surface area (TPSA) is 34.9 Å². The molecule has 0 spiro atoms. The number of imidazole rings is 1. The number of fused-ring (bicyclic) bond motifs is 1. The molecule has 2 aromatic rings. The fourth-order valence-electron chi connectivity index (χ4n) is 1.95. The zero-order chi connectivity index (χ0) is 14.8. The lowest BCUT2D eigenvalue weighted by Gasteiger charge is -2.16. The van der Waals surface area contributed by atoms with E-state index >= 15 is 0 Å². The summed E-state index contributed by atoms with van der Waals surface area (Å²) in [7, 11) is 0. The van der Waals surface area contributed by atoms with Crippen LogP contribution in [0.2, 0.25) is 0 Å². The number of rotatable bonds is 5. The van der Waals surface area contributed by atoms with E-state index < -0.39 is 0 Å². The van der Waals surface area contributed by atoms with Crippen LogP contribution in [0.1, 0.15) is 34.1 Å². The molecule has 116 valence electrons. The van der Waals surface area contributed by atoms with Gasteiger partial charge in [0, 0.05) is 12.0 Å². The summed E-state index contributed by atoms with van der Waals surface area (Å²) in [6.07, 6.45) is 1.06. The van der Waals surface area contributed by atoms with Crippen LogP contribution in [0.25, 0.3) is 11.0 Å². The highest BCUT2D eigenvalue weighted by Crippen LogP contribution is 2.26. The Labute approximate surface area is 136 Å². The number of ketones is 1. The predicted octanol–water partition coefficient (Wildman–Crippen LogP) is 1.16. The van der Waals surface area contributed by atoms with Crippen molar-refractivity contribution in [2.75, 3.05) is 5.75 Å². The minimum Gasteiger partial charge on any atom is -1.00 e. The average Bonchev–Trinajstić information content (AvgIpc) is 2.74. The number of thioether (sulfide) groups is 1. The maximum Gasteiger partial charge on any atom is 0.169 e. The van der Waals surface area contributed by atoms with E-state index in [1.807, 2.05) is 39.0 Å². The number of hydrogen-bond donors (Lipinski definition) is 0. The number of halogens is 1. The van der Waals surface area contributed by atoms with Crippen LogP contribution in [-0.4, -0.2) is 21.1 Å². The number of aryl methyl sites for hydroxylation is 1. The Morgan fingerprint density at radius 3 is 2.57 bits per heavy atom. The standard InChI is InChI=1S/C16H22N2OS.ClH/c1-5-10-18-13-9-7-6-8-12(13)17-15(18)20-11-14(19)16(2,3)4;/h6-9H,5,10-11H2,1-4H3;1H/p-1. The lowest BCUT2D eigenvalue weighted by atomic mass is 9.92. The van der Waals surface area contributed by atoms with E-state index in [0.717, 1.165) is 29.2 Å². The van der Waals surface area contributed by atoms with Crippen LogP contribution in [0.15, 0.2) is 29.4 Å². The van der Waals surface area contributed by atoms with E-state index in [2.05, 4.69) is 22.5 Å². The number of carbonyl (C=O) groups is 1. The number of nitrogens with zero attached hydrogens (tertiary/aromatic N) is 2. The number of carbonyl (C=O) groups excluding carboxylic acids is 1. The molecule has 0 bridgehead atoms. The van der Waals surface area contributed by atoms with Crippen molar-refractivity contribution < 1.29 is 17.2 Å². The zero-order valence-corrected chi connectivity index (χ0v) is 14.6. The molecule has 0 fully saturated rings. The van der Waals surface area contributed by atoms with Crippen LogP contribution >= 0.6 is 11.8 Å². The van der Waals surface area contributed by atoms with Crippen molar-refractivity contribution >= 4 is 28.6 Å². The van der Waals surface area contributed by atoms with Gasteiger partial charge in [-0.05, 0) is 18.6 Å². The first-order valence-corrected chi connectivity index (χ1v) is 8.03. The van der Waals surface area contributed by atoms with Crippen LogP contribution in [0.4, 0.5) is 0 Å². The molecule has 0 aliphatic carbocycles. The molecule has 0 atom stereocenters. The number of hydrogen-bond acceptors (Lipinski definition) is 3. The zero-order valence-electron chi connectivity index (χ0n) is 13.0. The molecule has 3 nitrogen and oxygen atoms in total. The maximum absolute atomic E-state index is 12.1. The van der Waals surface area contributed by atoms with Crippen LogP contribution in [-0.2, 0) is 11.3 Å². The van der Waals surface area contributed by atoms with E-state index in [4.69, 9.17) is 0 Å². The second kappa shape index (κ2) is 7.32. The molecule has 0 amide bonds. The quantitative estimate of drug-likeness (QED) is 0.774. The van der Waals surface area contributed by atoms with Gasteiger partial charge >= 0.3 is 0 Å². The fraction of sp³-hybridized carbons (Fsp3) is 0.500. The molecule has 0 radical (unpaired) electrons. The Morgan fingerprint density at radius 1 is 1.29 bits per heavy atom. The van der Waals surface area contributed by atoms with Gasteiger partial charge in [0.2, 0.25) is 0 Å². The first kappa shape index (κ1) is 18.1. The van der Waals surface area contributed by atoms with Crippen molar-refractivity contribution in [3.63, 3.8) is 0 Å². The summed E-state index contributed by atoms with van der Waals surface area (Å²) in [5.74, 6) is 0.744. The third-order valence-electron chi connectivity index (χ3n) is 3.24. The molecule has 21 heavy (non-hydrogen) atoms. The average molecular weight is 326 g/mol. The van der Waals surface area contributed by atoms with Crippen molar-refractivity contribution in [2.45, 2.75) is 45.8 Å². The summed E-state index contributed by atoms with van der Waals surface area (Å²) >= 11 is 1.55. The molecule has 1 aromatic carbocycles. The van der Waals surface area contributed by atoms with E-state index in [1.54, 1.807) is 11.8 Å². The monoisotopic (exact) mass is 325 g/mol. The van der Waals surface area contributed by atoms with Gasteiger partial charge in [-0.3, -0.25) is 4.79 Å². The van der Waals surface area contributed by atoms with E-state index in [-0.39, 0.29) is 23.6 Å². The molecule has 0 aliphatic heterocycles. The number of para-hydroxylation sites is 2. The van der Waals surface area contributed by atoms with Crippen molar-refractivity contribution in [3.8, 4) is 0 Å². The molecule has 2 rings (SSSR count). The molecule has 5 heteroatoms.